The van der Waals surface area contributed by atoms with E-state index < -0.39 is 30.4 Å². The number of aliphatic hydroxyl groups is 1. The van der Waals surface area contributed by atoms with Gasteiger partial charge in [0.25, 0.3) is 0 Å². The number of carbonyl (C=O) groups excluding carboxylic acids is 2. The molecule has 7 heteroatoms. The number of anilines is 1. The summed E-state index contributed by atoms with van der Waals surface area (Å²) in [5.41, 5.74) is 1.44. The number of hydrogen-bond acceptors (Lipinski definition) is 4. The van der Waals surface area contributed by atoms with Crippen LogP contribution in [0.25, 0.3) is 0 Å². The van der Waals surface area contributed by atoms with Crippen LogP contribution in [0.3, 0.4) is 0 Å². The number of amides is 2. The van der Waals surface area contributed by atoms with E-state index in [0.29, 0.717) is 5.69 Å². The lowest BCUT2D eigenvalue weighted by Crippen LogP contribution is -2.46. The first kappa shape index (κ1) is 15.6. The fourth-order valence-electron chi connectivity index (χ4n) is 1.44. The lowest BCUT2D eigenvalue weighted by Gasteiger charge is -2.12. The van der Waals surface area contributed by atoms with Crippen molar-refractivity contribution in [2.45, 2.75) is 19.4 Å². The molecule has 0 aromatic heterocycles. The number of hydrogen-bond donors (Lipinski definition) is 4. The minimum atomic E-state index is -1.31. The molecule has 108 valence electrons. The number of aliphatic hydroxyl groups excluding tert-OH is 1. The largest absolute Gasteiger partial charge is 0.480 e. The van der Waals surface area contributed by atoms with Crippen molar-refractivity contribution < 1.29 is 24.6 Å². The second kappa shape index (κ2) is 7.25. The van der Waals surface area contributed by atoms with Crippen LogP contribution < -0.4 is 10.6 Å². The van der Waals surface area contributed by atoms with Crippen molar-refractivity contribution in [2.24, 2.45) is 0 Å². The highest BCUT2D eigenvalue weighted by Gasteiger charge is 2.23. The smallest absolute Gasteiger partial charge is 0.326 e. The van der Waals surface area contributed by atoms with Crippen molar-refractivity contribution in [1.82, 2.24) is 5.32 Å². The molecule has 0 aliphatic carbocycles. The van der Waals surface area contributed by atoms with Gasteiger partial charge in [0.1, 0.15) is 6.04 Å². The minimum absolute atomic E-state index is 0.168. The molecule has 0 aliphatic rings. The second-order valence-electron chi connectivity index (χ2n) is 4.20. The minimum Gasteiger partial charge on any atom is -0.480 e. The summed E-state index contributed by atoms with van der Waals surface area (Å²) >= 11 is 0. The number of rotatable bonds is 5. The molecule has 0 spiro atoms. The van der Waals surface area contributed by atoms with E-state index in [2.05, 4.69) is 5.32 Å². The first-order valence-electron chi connectivity index (χ1n) is 5.96. The van der Waals surface area contributed by atoms with Gasteiger partial charge in [0.05, 0.1) is 0 Å². The molecule has 0 heterocycles. The van der Waals surface area contributed by atoms with Gasteiger partial charge in [-0.3, -0.25) is 9.59 Å². The molecule has 0 saturated heterocycles. The number of carbonyl (C=O) groups is 3. The number of carboxylic acid groups (broad SMARTS) is 1. The Morgan fingerprint density at radius 1 is 1.15 bits per heavy atom. The van der Waals surface area contributed by atoms with Crippen LogP contribution in [0, 0.1) is 6.92 Å². The van der Waals surface area contributed by atoms with E-state index in [1.165, 1.54) is 0 Å². The van der Waals surface area contributed by atoms with Crippen molar-refractivity contribution in [3.05, 3.63) is 29.8 Å². The number of benzene rings is 1. The Balaban J connectivity index is 2.60. The fraction of sp³-hybridized carbons (Fsp3) is 0.308. The number of aliphatic carboxylic acids is 1. The quantitative estimate of drug-likeness (QED) is 0.561. The molecule has 0 aliphatic heterocycles. The Morgan fingerprint density at radius 2 is 1.75 bits per heavy atom. The van der Waals surface area contributed by atoms with E-state index in [9.17, 15) is 14.4 Å². The first-order valence-corrected chi connectivity index (χ1v) is 5.96. The molecule has 2 amide bonds. The Kier molecular flexibility index (Phi) is 5.67. The molecule has 0 bridgehead atoms. The third-order valence-corrected chi connectivity index (χ3v) is 2.54. The van der Waals surface area contributed by atoms with Gasteiger partial charge in [-0.05, 0) is 19.1 Å². The number of nitrogens with one attached hydrogen (secondary N) is 2. The van der Waals surface area contributed by atoms with E-state index in [4.69, 9.17) is 10.2 Å². The van der Waals surface area contributed by atoms with Crippen LogP contribution in [0.2, 0.25) is 0 Å². The van der Waals surface area contributed by atoms with Gasteiger partial charge in [0.15, 0.2) is 0 Å². The average molecular weight is 280 g/mol. The average Bonchev–Trinajstić information content (AvgIpc) is 2.40. The molecule has 1 rings (SSSR count). The zero-order valence-electron chi connectivity index (χ0n) is 10.9. The van der Waals surface area contributed by atoms with Gasteiger partial charge in [0.2, 0.25) is 0 Å². The van der Waals surface area contributed by atoms with Gasteiger partial charge in [-0.15, -0.1) is 0 Å². The van der Waals surface area contributed by atoms with E-state index in [1.807, 2.05) is 12.2 Å². The third kappa shape index (κ3) is 4.69. The summed E-state index contributed by atoms with van der Waals surface area (Å²) in [5.74, 6) is -3.33. The van der Waals surface area contributed by atoms with Crippen LogP contribution in [-0.4, -0.2) is 40.6 Å². The van der Waals surface area contributed by atoms with Gasteiger partial charge in [0, 0.05) is 18.7 Å². The molecule has 1 aromatic rings. The molecular formula is C13H16N2O5. The molecule has 0 unspecified atom stereocenters. The van der Waals surface area contributed by atoms with Gasteiger partial charge >= 0.3 is 17.8 Å². The topological polar surface area (TPSA) is 116 Å². The van der Waals surface area contributed by atoms with E-state index in [1.54, 1.807) is 24.3 Å². The Hall–Kier alpha value is -2.41. The molecule has 0 radical (unpaired) electrons. The van der Waals surface area contributed by atoms with Crippen molar-refractivity contribution in [1.29, 1.82) is 0 Å². The zero-order chi connectivity index (χ0) is 15.1. The normalized spacial score (nSPS) is 11.5. The lowest BCUT2D eigenvalue weighted by molar-refractivity contribution is -0.144. The van der Waals surface area contributed by atoms with Crippen molar-refractivity contribution in [3.63, 3.8) is 0 Å². The van der Waals surface area contributed by atoms with E-state index in [0.717, 1.165) is 5.56 Å². The van der Waals surface area contributed by atoms with Crippen molar-refractivity contribution in [3.8, 4) is 0 Å². The van der Waals surface area contributed by atoms with Crippen LogP contribution in [0.4, 0.5) is 5.69 Å². The van der Waals surface area contributed by atoms with Gasteiger partial charge in [-0.2, -0.15) is 0 Å². The maximum absolute atomic E-state index is 11.6. The van der Waals surface area contributed by atoms with E-state index >= 15 is 0 Å². The maximum atomic E-state index is 11.6. The third-order valence-electron chi connectivity index (χ3n) is 2.54. The number of aryl methyl sites for hydroxylation is 1. The summed E-state index contributed by atoms with van der Waals surface area (Å²) < 4.78 is 0. The van der Waals surface area contributed by atoms with Gasteiger partial charge in [-0.1, -0.05) is 17.7 Å². The highest BCUT2D eigenvalue weighted by Crippen LogP contribution is 2.08. The van der Waals surface area contributed by atoms with Gasteiger partial charge in [-0.25, -0.2) is 4.79 Å². The number of carboxylic acids is 1. The second-order valence-corrected chi connectivity index (χ2v) is 4.20. The SMILES string of the molecule is Cc1ccc(NC(=O)C(=O)N[C@@H](CCO)C(=O)O)cc1. The highest BCUT2D eigenvalue weighted by atomic mass is 16.4. The lowest BCUT2D eigenvalue weighted by atomic mass is 10.2. The molecule has 7 nitrogen and oxygen atoms in total. The van der Waals surface area contributed by atoms with Crippen LogP contribution in [0.1, 0.15) is 12.0 Å². The molecule has 1 aromatic carbocycles. The van der Waals surface area contributed by atoms with E-state index in [-0.39, 0.29) is 6.42 Å². The molecule has 0 fully saturated rings. The van der Waals surface area contributed by atoms with Gasteiger partial charge < -0.3 is 20.8 Å². The summed E-state index contributed by atoms with van der Waals surface area (Å²) in [7, 11) is 0. The van der Waals surface area contributed by atoms with Crippen molar-refractivity contribution >= 4 is 23.5 Å². The summed E-state index contributed by atoms with van der Waals surface area (Å²) in [6.45, 7) is 1.47. The molecule has 0 saturated carbocycles. The van der Waals surface area contributed by atoms with Crippen LogP contribution >= 0.6 is 0 Å². The first-order chi connectivity index (χ1) is 9.43. The summed E-state index contributed by atoms with van der Waals surface area (Å²) in [6.07, 6.45) is -0.168. The standard InChI is InChI=1S/C13H16N2O5/c1-8-2-4-9(5-3-8)14-11(17)12(18)15-10(6-7-16)13(19)20/h2-5,10,16H,6-7H2,1H3,(H,14,17)(H,15,18)(H,19,20)/t10-/m0/s1. The highest BCUT2D eigenvalue weighted by molar-refractivity contribution is 6.40. The van der Waals surface area contributed by atoms with Crippen LogP contribution in [0.5, 0.6) is 0 Å². The molecule has 20 heavy (non-hydrogen) atoms. The molecular weight excluding hydrogens is 264 g/mol. The Bertz CT molecular complexity index is 498. The molecule has 4 N–H and O–H groups in total. The summed E-state index contributed by atoms with van der Waals surface area (Å²) in [4.78, 5) is 33.9. The zero-order valence-corrected chi connectivity index (χ0v) is 10.9. The van der Waals surface area contributed by atoms with Crippen LogP contribution in [0.15, 0.2) is 24.3 Å². The Morgan fingerprint density at radius 3 is 2.25 bits per heavy atom. The predicted molar refractivity (Wildman–Crippen MR) is 71.1 cm³/mol. The van der Waals surface area contributed by atoms with Crippen LogP contribution in [-0.2, 0) is 14.4 Å². The summed E-state index contributed by atoms with van der Waals surface area (Å²) in [5, 5.41) is 21.9. The monoisotopic (exact) mass is 280 g/mol. The molecule has 1 atom stereocenters. The predicted octanol–water partition coefficient (Wildman–Crippen LogP) is -0.115. The van der Waals surface area contributed by atoms with Crippen molar-refractivity contribution in [2.75, 3.05) is 11.9 Å². The summed E-state index contributed by atoms with van der Waals surface area (Å²) in [6, 6.07) is 5.49. The Labute approximate surface area is 115 Å². The fourth-order valence-corrected chi connectivity index (χ4v) is 1.44. The maximum Gasteiger partial charge on any atom is 0.326 e.